The van der Waals surface area contributed by atoms with E-state index < -0.39 is 17.1 Å². The maximum Gasteiger partial charge on any atom is 0.272 e. The number of anilines is 1. The number of aryl methyl sites for hydroxylation is 1. The summed E-state index contributed by atoms with van der Waals surface area (Å²) in [6.45, 7) is 1.87. The number of rotatable bonds is 5. The largest absolute Gasteiger partial charge is 0.502 e. The van der Waals surface area contributed by atoms with Crippen LogP contribution >= 0.6 is 0 Å². The molecule has 23 heavy (non-hydrogen) atoms. The predicted octanol–water partition coefficient (Wildman–Crippen LogP) is 1.41. The molecule has 0 spiro atoms. The zero-order valence-electron chi connectivity index (χ0n) is 12.8. The fourth-order valence-electron chi connectivity index (χ4n) is 1.94. The van der Waals surface area contributed by atoms with Gasteiger partial charge in [-0.3, -0.25) is 9.59 Å². The molecule has 0 atom stereocenters. The second-order valence-electron chi connectivity index (χ2n) is 4.78. The van der Waals surface area contributed by atoms with Crippen LogP contribution in [0, 0.1) is 6.92 Å². The molecule has 7 nitrogen and oxygen atoms in total. The van der Waals surface area contributed by atoms with Crippen LogP contribution in [-0.2, 0) is 11.2 Å². The van der Waals surface area contributed by atoms with Crippen molar-refractivity contribution in [3.05, 3.63) is 58.1 Å². The van der Waals surface area contributed by atoms with Gasteiger partial charge in [-0.25, -0.2) is 0 Å². The monoisotopic (exact) mass is 315 g/mol. The molecule has 1 aromatic carbocycles. The quantitative estimate of drug-likeness (QED) is 0.572. The average molecular weight is 315 g/mol. The zero-order chi connectivity index (χ0) is 16.8. The molecule has 0 radical (unpaired) electrons. The van der Waals surface area contributed by atoms with E-state index in [1.807, 2.05) is 19.1 Å². The van der Waals surface area contributed by atoms with E-state index in [9.17, 15) is 14.7 Å². The Morgan fingerprint density at radius 1 is 1.30 bits per heavy atom. The maximum absolute atomic E-state index is 12.4. The van der Waals surface area contributed by atoms with Crippen molar-refractivity contribution in [2.24, 2.45) is 5.10 Å². The Morgan fingerprint density at radius 3 is 2.74 bits per heavy atom. The number of nitrogens with one attached hydrogen (secondary N) is 2. The van der Waals surface area contributed by atoms with Crippen molar-refractivity contribution in [2.75, 3.05) is 12.4 Å². The molecule has 2 rings (SSSR count). The summed E-state index contributed by atoms with van der Waals surface area (Å²) in [5, 5.41) is 16.4. The topological polar surface area (TPSA) is 104 Å². The van der Waals surface area contributed by atoms with Crippen molar-refractivity contribution in [1.29, 1.82) is 0 Å². The maximum atomic E-state index is 12.4. The van der Waals surface area contributed by atoms with Gasteiger partial charge in [0, 0.05) is 18.8 Å². The minimum Gasteiger partial charge on any atom is -0.502 e. The van der Waals surface area contributed by atoms with Gasteiger partial charge in [0.25, 0.3) is 5.91 Å². The third-order valence-electron chi connectivity index (χ3n) is 3.16. The average Bonchev–Trinajstić information content (AvgIpc) is 2.53. The molecule has 0 aliphatic heterocycles. The molecule has 7 heteroatoms. The van der Waals surface area contributed by atoms with Gasteiger partial charge in [-0.15, -0.1) is 0 Å². The van der Waals surface area contributed by atoms with E-state index in [1.54, 1.807) is 19.2 Å². The summed E-state index contributed by atoms with van der Waals surface area (Å²) in [5.74, 6) is -1.01. The highest BCUT2D eigenvalue weighted by atomic mass is 16.4. The van der Waals surface area contributed by atoms with Gasteiger partial charge in [0.15, 0.2) is 5.76 Å². The molecule has 2 aromatic rings. The summed E-state index contributed by atoms with van der Waals surface area (Å²) in [6.07, 6.45) is 1.04. The lowest BCUT2D eigenvalue weighted by Crippen LogP contribution is -2.27. The Labute approximate surface area is 132 Å². The summed E-state index contributed by atoms with van der Waals surface area (Å²) in [5.41, 5.74) is 3.58. The van der Waals surface area contributed by atoms with E-state index in [0.29, 0.717) is 5.69 Å². The number of para-hydroxylation sites is 1. The van der Waals surface area contributed by atoms with E-state index >= 15 is 0 Å². The van der Waals surface area contributed by atoms with Crippen molar-refractivity contribution in [1.82, 2.24) is 5.43 Å². The molecule has 0 saturated carbocycles. The van der Waals surface area contributed by atoms with E-state index in [-0.39, 0.29) is 17.9 Å². The molecular weight excluding hydrogens is 298 g/mol. The number of hydrogen-bond donors (Lipinski definition) is 3. The highest BCUT2D eigenvalue weighted by molar-refractivity contribution is 6.43. The Balaban J connectivity index is 2.23. The highest BCUT2D eigenvalue weighted by Crippen LogP contribution is 2.15. The number of aromatic hydroxyl groups is 1. The van der Waals surface area contributed by atoms with E-state index in [2.05, 4.69) is 15.8 Å². The van der Waals surface area contributed by atoms with Crippen LogP contribution in [0.5, 0.6) is 5.75 Å². The first-order chi connectivity index (χ1) is 11.0. The first-order valence-electron chi connectivity index (χ1n) is 6.93. The third kappa shape index (κ3) is 3.97. The lowest BCUT2D eigenvalue weighted by molar-refractivity contribution is -0.110. The van der Waals surface area contributed by atoms with Crippen molar-refractivity contribution < 1.29 is 14.3 Å². The number of amides is 1. The van der Waals surface area contributed by atoms with E-state index in [1.165, 1.54) is 0 Å². The molecule has 0 saturated heterocycles. The number of benzene rings is 1. The molecule has 0 aliphatic carbocycles. The molecule has 0 fully saturated rings. The summed E-state index contributed by atoms with van der Waals surface area (Å²) in [4.78, 5) is 23.8. The predicted molar refractivity (Wildman–Crippen MR) is 86.7 cm³/mol. The standard InChI is InChI=1S/C16H17N3O4/c1-10-5-3-4-6-11(10)18-16(22)12(19-17-2)9-14-15(21)13(20)7-8-23-14/h3-8,17,21H,9H2,1-2H3,(H,18,22)/b19-12-. The van der Waals surface area contributed by atoms with Crippen molar-refractivity contribution >= 4 is 17.3 Å². The molecule has 0 unspecified atom stereocenters. The lowest BCUT2D eigenvalue weighted by Gasteiger charge is -2.10. The Hall–Kier alpha value is -3.09. The molecule has 0 bridgehead atoms. The summed E-state index contributed by atoms with van der Waals surface area (Å²) < 4.78 is 5.10. The lowest BCUT2D eigenvalue weighted by atomic mass is 10.1. The minimum absolute atomic E-state index is 0.0218. The fraction of sp³-hybridized carbons (Fsp3) is 0.188. The van der Waals surface area contributed by atoms with Crippen molar-refractivity contribution in [2.45, 2.75) is 13.3 Å². The van der Waals surface area contributed by atoms with Gasteiger partial charge in [-0.2, -0.15) is 5.10 Å². The van der Waals surface area contributed by atoms with Gasteiger partial charge in [0.2, 0.25) is 11.2 Å². The number of carbonyl (C=O) groups is 1. The molecule has 1 aromatic heterocycles. The van der Waals surface area contributed by atoms with Gasteiger partial charge in [-0.1, -0.05) is 18.2 Å². The normalized spacial score (nSPS) is 11.1. The number of hydrazone groups is 1. The number of hydrogen-bond acceptors (Lipinski definition) is 6. The second-order valence-corrected chi connectivity index (χ2v) is 4.78. The Bertz CT molecular complexity index is 796. The van der Waals surface area contributed by atoms with Gasteiger partial charge in [-0.05, 0) is 18.6 Å². The van der Waals surface area contributed by atoms with Crippen LogP contribution in [0.1, 0.15) is 11.3 Å². The van der Waals surface area contributed by atoms with Crippen LogP contribution in [0.4, 0.5) is 5.69 Å². The fourth-order valence-corrected chi connectivity index (χ4v) is 1.94. The SMILES string of the molecule is CN/N=C(/Cc1occc(=O)c1O)C(=O)Nc1ccccc1C. The minimum atomic E-state index is -0.575. The first-order valence-corrected chi connectivity index (χ1v) is 6.93. The van der Waals surface area contributed by atoms with Gasteiger partial charge < -0.3 is 20.3 Å². The summed E-state index contributed by atoms with van der Waals surface area (Å²) >= 11 is 0. The Morgan fingerprint density at radius 2 is 2.04 bits per heavy atom. The molecule has 120 valence electrons. The molecule has 0 aliphatic rings. The first kappa shape index (κ1) is 16.3. The van der Waals surface area contributed by atoms with Crippen LogP contribution in [0.2, 0.25) is 0 Å². The van der Waals surface area contributed by atoms with Gasteiger partial charge in [0.1, 0.15) is 5.71 Å². The molecule has 1 amide bonds. The van der Waals surface area contributed by atoms with Crippen LogP contribution in [0.15, 0.2) is 50.9 Å². The third-order valence-corrected chi connectivity index (χ3v) is 3.16. The van der Waals surface area contributed by atoms with Crippen LogP contribution in [0.3, 0.4) is 0 Å². The second kappa shape index (κ2) is 7.26. The van der Waals surface area contributed by atoms with Crippen LogP contribution < -0.4 is 16.2 Å². The van der Waals surface area contributed by atoms with Crippen LogP contribution in [0.25, 0.3) is 0 Å². The Kier molecular flexibility index (Phi) is 5.14. The zero-order valence-corrected chi connectivity index (χ0v) is 12.8. The van der Waals surface area contributed by atoms with E-state index in [0.717, 1.165) is 17.9 Å². The van der Waals surface area contributed by atoms with Crippen molar-refractivity contribution in [3.8, 4) is 5.75 Å². The number of nitrogens with zero attached hydrogens (tertiary/aromatic N) is 1. The number of carbonyl (C=O) groups excluding carboxylic acids is 1. The van der Waals surface area contributed by atoms with Gasteiger partial charge in [0.05, 0.1) is 12.7 Å². The highest BCUT2D eigenvalue weighted by Gasteiger charge is 2.18. The van der Waals surface area contributed by atoms with E-state index in [4.69, 9.17) is 4.42 Å². The van der Waals surface area contributed by atoms with Gasteiger partial charge >= 0.3 is 0 Å². The van der Waals surface area contributed by atoms with Crippen molar-refractivity contribution in [3.63, 3.8) is 0 Å². The summed E-state index contributed by atoms with van der Waals surface area (Å²) in [7, 11) is 1.54. The van der Waals surface area contributed by atoms with Crippen LogP contribution in [-0.4, -0.2) is 23.8 Å². The smallest absolute Gasteiger partial charge is 0.272 e. The molecule has 1 heterocycles. The molecular formula is C16H17N3O4. The summed E-state index contributed by atoms with van der Waals surface area (Å²) in [6, 6.07) is 8.40. The molecule has 3 N–H and O–H groups in total.